The molecule has 2 N–H and O–H groups in total. The van der Waals surface area contributed by atoms with Gasteiger partial charge in [-0.1, -0.05) is 11.6 Å². The largest absolute Gasteiger partial charge is 0.326 e. The molecule has 0 fully saturated rings. The summed E-state index contributed by atoms with van der Waals surface area (Å²) in [4.78, 5) is 9.86. The lowest BCUT2D eigenvalue weighted by molar-refractivity contribution is 0.900. The van der Waals surface area contributed by atoms with Crippen LogP contribution in [-0.2, 0) is 6.54 Å². The molecular formula is C13H14ClN3S. The first-order chi connectivity index (χ1) is 8.58. The fourth-order valence-corrected chi connectivity index (χ4v) is 2.82. The van der Waals surface area contributed by atoms with Crippen molar-refractivity contribution in [1.29, 1.82) is 0 Å². The minimum atomic E-state index is 0.452. The Morgan fingerprint density at radius 3 is 2.44 bits per heavy atom. The Morgan fingerprint density at radius 1 is 1.17 bits per heavy atom. The van der Waals surface area contributed by atoms with Gasteiger partial charge in [-0.2, -0.15) is 0 Å². The van der Waals surface area contributed by atoms with E-state index in [1.807, 2.05) is 38.1 Å². The third kappa shape index (κ3) is 3.22. The zero-order chi connectivity index (χ0) is 13.1. The summed E-state index contributed by atoms with van der Waals surface area (Å²) in [5, 5.41) is 1.44. The number of hydrogen-bond acceptors (Lipinski definition) is 4. The summed E-state index contributed by atoms with van der Waals surface area (Å²) >= 11 is 7.47. The average Bonchev–Trinajstić information content (AvgIpc) is 2.30. The Balaban J connectivity index is 2.33. The molecule has 1 heterocycles. The molecule has 3 nitrogen and oxygen atoms in total. The van der Waals surface area contributed by atoms with Crippen molar-refractivity contribution >= 4 is 23.4 Å². The van der Waals surface area contributed by atoms with Crippen LogP contribution >= 0.6 is 23.4 Å². The molecule has 0 aliphatic rings. The number of hydrogen-bond donors (Lipinski definition) is 1. The maximum absolute atomic E-state index is 5.95. The van der Waals surface area contributed by atoms with E-state index >= 15 is 0 Å². The molecule has 0 saturated carbocycles. The Labute approximate surface area is 116 Å². The van der Waals surface area contributed by atoms with Crippen LogP contribution in [-0.4, -0.2) is 9.97 Å². The van der Waals surface area contributed by atoms with Crippen molar-refractivity contribution < 1.29 is 0 Å². The zero-order valence-corrected chi connectivity index (χ0v) is 11.8. The third-order valence-corrected chi connectivity index (χ3v) is 3.62. The van der Waals surface area contributed by atoms with E-state index in [0.29, 0.717) is 11.6 Å². The fraction of sp³-hybridized carbons (Fsp3) is 0.231. The standard InChI is InChI=1S/C13H14ClN3S/c1-8-5-9(2)17-13(16-8)18-12-4-3-11(14)6-10(12)7-15/h3-6H,7,15H2,1-2H3. The van der Waals surface area contributed by atoms with Crippen LogP contribution in [0.5, 0.6) is 0 Å². The summed E-state index contributed by atoms with van der Waals surface area (Å²) in [5.74, 6) is 0. The predicted octanol–water partition coefficient (Wildman–Crippen LogP) is 3.36. The molecule has 0 unspecified atom stereocenters. The first-order valence-electron chi connectivity index (χ1n) is 5.57. The molecule has 18 heavy (non-hydrogen) atoms. The molecule has 0 bridgehead atoms. The lowest BCUT2D eigenvalue weighted by Gasteiger charge is -2.07. The number of nitrogens with zero attached hydrogens (tertiary/aromatic N) is 2. The van der Waals surface area contributed by atoms with Gasteiger partial charge in [-0.05, 0) is 55.4 Å². The van der Waals surface area contributed by atoms with Crippen molar-refractivity contribution in [3.8, 4) is 0 Å². The van der Waals surface area contributed by atoms with Crippen molar-refractivity contribution in [2.75, 3.05) is 0 Å². The normalized spacial score (nSPS) is 10.7. The highest BCUT2D eigenvalue weighted by atomic mass is 35.5. The minimum Gasteiger partial charge on any atom is -0.326 e. The molecule has 2 rings (SSSR count). The molecule has 0 saturated heterocycles. The fourth-order valence-electron chi connectivity index (χ4n) is 1.64. The van der Waals surface area contributed by atoms with Gasteiger partial charge in [0.25, 0.3) is 0 Å². The predicted molar refractivity (Wildman–Crippen MR) is 75.0 cm³/mol. The lowest BCUT2D eigenvalue weighted by atomic mass is 10.2. The van der Waals surface area contributed by atoms with Gasteiger partial charge in [-0.15, -0.1) is 0 Å². The molecule has 0 aliphatic heterocycles. The number of rotatable bonds is 3. The minimum absolute atomic E-state index is 0.452. The second-order valence-corrected chi connectivity index (χ2v) is 5.44. The van der Waals surface area contributed by atoms with Gasteiger partial charge >= 0.3 is 0 Å². The summed E-state index contributed by atoms with van der Waals surface area (Å²) in [6.45, 7) is 4.38. The monoisotopic (exact) mass is 279 g/mol. The van der Waals surface area contributed by atoms with Gasteiger partial charge in [-0.3, -0.25) is 0 Å². The van der Waals surface area contributed by atoms with E-state index in [0.717, 1.165) is 27.0 Å². The molecule has 0 atom stereocenters. The molecule has 0 spiro atoms. The van der Waals surface area contributed by atoms with Gasteiger partial charge in [0, 0.05) is 27.9 Å². The Hall–Kier alpha value is -1.10. The molecule has 2 aromatic rings. The van der Waals surface area contributed by atoms with Crippen LogP contribution in [0.1, 0.15) is 17.0 Å². The van der Waals surface area contributed by atoms with Gasteiger partial charge in [-0.25, -0.2) is 9.97 Å². The smallest absolute Gasteiger partial charge is 0.192 e. The van der Waals surface area contributed by atoms with Crippen molar-refractivity contribution in [3.05, 3.63) is 46.2 Å². The third-order valence-electron chi connectivity index (χ3n) is 2.41. The molecule has 0 radical (unpaired) electrons. The first-order valence-corrected chi connectivity index (χ1v) is 6.76. The SMILES string of the molecule is Cc1cc(C)nc(Sc2ccc(Cl)cc2CN)n1. The summed E-state index contributed by atoms with van der Waals surface area (Å²) in [6.07, 6.45) is 0. The molecule has 94 valence electrons. The highest BCUT2D eigenvalue weighted by molar-refractivity contribution is 7.99. The van der Waals surface area contributed by atoms with Crippen LogP contribution in [0.2, 0.25) is 5.02 Å². The Kier molecular flexibility index (Phi) is 4.22. The van der Waals surface area contributed by atoms with E-state index in [9.17, 15) is 0 Å². The summed E-state index contributed by atoms with van der Waals surface area (Å²) < 4.78 is 0. The second kappa shape index (κ2) is 5.69. The van der Waals surface area contributed by atoms with Gasteiger partial charge in [0.1, 0.15) is 0 Å². The lowest BCUT2D eigenvalue weighted by Crippen LogP contribution is -1.99. The molecule has 1 aromatic carbocycles. The zero-order valence-electron chi connectivity index (χ0n) is 10.3. The van der Waals surface area contributed by atoms with E-state index in [4.69, 9.17) is 17.3 Å². The molecule has 1 aromatic heterocycles. The van der Waals surface area contributed by atoms with Crippen LogP contribution in [0.25, 0.3) is 0 Å². The van der Waals surface area contributed by atoms with Crippen molar-refractivity contribution in [1.82, 2.24) is 9.97 Å². The van der Waals surface area contributed by atoms with E-state index in [2.05, 4.69) is 9.97 Å². The van der Waals surface area contributed by atoms with Gasteiger partial charge in [0.2, 0.25) is 0 Å². The maximum Gasteiger partial charge on any atom is 0.192 e. The molecule has 0 amide bonds. The average molecular weight is 280 g/mol. The van der Waals surface area contributed by atoms with Crippen molar-refractivity contribution in [2.45, 2.75) is 30.4 Å². The van der Waals surface area contributed by atoms with Crippen LogP contribution in [0.3, 0.4) is 0 Å². The molecule has 5 heteroatoms. The number of aryl methyl sites for hydroxylation is 2. The number of nitrogens with two attached hydrogens (primary N) is 1. The van der Waals surface area contributed by atoms with Crippen molar-refractivity contribution in [3.63, 3.8) is 0 Å². The van der Waals surface area contributed by atoms with E-state index in [1.54, 1.807) is 0 Å². The van der Waals surface area contributed by atoms with E-state index < -0.39 is 0 Å². The number of benzene rings is 1. The summed E-state index contributed by atoms with van der Waals surface area (Å²) in [7, 11) is 0. The molecule has 0 aliphatic carbocycles. The summed E-state index contributed by atoms with van der Waals surface area (Å²) in [5.41, 5.74) is 8.66. The highest BCUT2D eigenvalue weighted by Crippen LogP contribution is 2.30. The second-order valence-electron chi connectivity index (χ2n) is 3.99. The highest BCUT2D eigenvalue weighted by Gasteiger charge is 2.07. The first kappa shape index (κ1) is 13.3. The van der Waals surface area contributed by atoms with Gasteiger partial charge in [0.05, 0.1) is 0 Å². The van der Waals surface area contributed by atoms with E-state index in [1.165, 1.54) is 11.8 Å². The Bertz CT molecular complexity index is 552. The van der Waals surface area contributed by atoms with Crippen LogP contribution in [0.15, 0.2) is 34.3 Å². The van der Waals surface area contributed by atoms with Crippen LogP contribution in [0.4, 0.5) is 0 Å². The van der Waals surface area contributed by atoms with Gasteiger partial charge in [0.15, 0.2) is 5.16 Å². The van der Waals surface area contributed by atoms with E-state index in [-0.39, 0.29) is 0 Å². The topological polar surface area (TPSA) is 51.8 Å². The summed E-state index contributed by atoms with van der Waals surface area (Å²) in [6, 6.07) is 7.64. The Morgan fingerprint density at radius 2 is 1.83 bits per heavy atom. The van der Waals surface area contributed by atoms with Gasteiger partial charge < -0.3 is 5.73 Å². The van der Waals surface area contributed by atoms with Crippen LogP contribution < -0.4 is 5.73 Å². The molecular weight excluding hydrogens is 266 g/mol. The number of aromatic nitrogens is 2. The maximum atomic E-state index is 5.95. The van der Waals surface area contributed by atoms with Crippen LogP contribution in [0, 0.1) is 13.8 Å². The number of halogens is 1. The van der Waals surface area contributed by atoms with Crippen molar-refractivity contribution in [2.24, 2.45) is 5.73 Å². The quantitative estimate of drug-likeness (QED) is 0.876.